The van der Waals surface area contributed by atoms with Gasteiger partial charge in [-0.3, -0.25) is 4.79 Å². The van der Waals surface area contributed by atoms with Crippen molar-refractivity contribution in [1.82, 2.24) is 9.46 Å². The van der Waals surface area contributed by atoms with Crippen molar-refractivity contribution < 1.29 is 9.15 Å². The van der Waals surface area contributed by atoms with E-state index in [1.165, 1.54) is 7.11 Å². The van der Waals surface area contributed by atoms with Crippen molar-refractivity contribution in [2.75, 3.05) is 7.11 Å². The van der Waals surface area contributed by atoms with Crippen molar-refractivity contribution in [3.05, 3.63) is 57.3 Å². The van der Waals surface area contributed by atoms with Crippen molar-refractivity contribution in [3.8, 4) is 5.75 Å². The molecule has 0 saturated heterocycles. The van der Waals surface area contributed by atoms with Gasteiger partial charge in [-0.15, -0.1) is 0 Å². The number of fused-ring (bicyclic) bond motifs is 1. The molecule has 6 heteroatoms. The summed E-state index contributed by atoms with van der Waals surface area (Å²) in [4.78, 5) is 16.7. The van der Waals surface area contributed by atoms with E-state index in [2.05, 4.69) is 4.98 Å². The van der Waals surface area contributed by atoms with Crippen LogP contribution in [0.2, 0.25) is 0 Å². The number of aromatic nitrogens is 2. The molecule has 0 aliphatic carbocycles. The number of hydrogen-bond donors (Lipinski definition) is 0. The second kappa shape index (κ2) is 5.37. The van der Waals surface area contributed by atoms with Crippen LogP contribution in [0.4, 0.5) is 0 Å². The predicted octanol–water partition coefficient (Wildman–Crippen LogP) is 2.14. The zero-order valence-corrected chi connectivity index (χ0v) is 12.7. The molecule has 1 aromatic carbocycles. The van der Waals surface area contributed by atoms with Crippen LogP contribution < -0.4 is 10.3 Å². The van der Waals surface area contributed by atoms with E-state index in [1.54, 1.807) is 6.92 Å². The maximum atomic E-state index is 12.2. The second-order valence-corrected chi connectivity index (χ2v) is 5.15. The number of nitrogens with zero attached hydrogens (tertiary/aromatic N) is 2. The third-order valence-corrected chi connectivity index (χ3v) is 3.91. The molecule has 0 unspecified atom stereocenters. The third-order valence-electron chi connectivity index (χ3n) is 3.91. The van der Waals surface area contributed by atoms with Crippen molar-refractivity contribution >= 4 is 19.1 Å². The molecule has 2 heterocycles. The quantitative estimate of drug-likeness (QED) is 0.694. The predicted molar refractivity (Wildman–Crippen MR) is 84.7 cm³/mol. The Labute approximate surface area is 129 Å². The molecular formula is C16H15BN2O3. The van der Waals surface area contributed by atoms with Crippen LogP contribution in [0.1, 0.15) is 22.7 Å². The van der Waals surface area contributed by atoms with Gasteiger partial charge in [0.05, 0.1) is 13.5 Å². The smallest absolute Gasteiger partial charge is 0.280 e. The zero-order chi connectivity index (χ0) is 15.9. The summed E-state index contributed by atoms with van der Waals surface area (Å²) in [6.45, 7) is 3.70. The van der Waals surface area contributed by atoms with Gasteiger partial charge in [-0.25, -0.2) is 4.98 Å². The first kappa shape index (κ1) is 14.4. The van der Waals surface area contributed by atoms with Crippen LogP contribution in [0.5, 0.6) is 5.75 Å². The molecular weight excluding hydrogens is 279 g/mol. The molecule has 110 valence electrons. The summed E-state index contributed by atoms with van der Waals surface area (Å²) < 4.78 is 12.1. The van der Waals surface area contributed by atoms with Gasteiger partial charge >= 0.3 is 0 Å². The minimum absolute atomic E-state index is 0.229. The third kappa shape index (κ3) is 2.20. The lowest BCUT2D eigenvalue weighted by Gasteiger charge is -2.15. The fourth-order valence-corrected chi connectivity index (χ4v) is 2.53. The molecule has 0 bridgehead atoms. The van der Waals surface area contributed by atoms with Crippen molar-refractivity contribution in [2.24, 2.45) is 0 Å². The highest BCUT2D eigenvalue weighted by Gasteiger charge is 2.18. The van der Waals surface area contributed by atoms with Crippen LogP contribution in [0.25, 0.3) is 11.1 Å². The number of pyridine rings is 1. The molecule has 0 aliphatic rings. The number of rotatable bonds is 3. The standard InChI is InChI=1S/C16H15BN2O3/c1-9-10(2)19(17)16(20)15(21-3)11(9)8-14-18-12-6-4-5-7-13(12)22-14/h4-7H,8H2,1-3H3. The normalized spacial score (nSPS) is 11.0. The fraction of sp³-hybridized carbons (Fsp3) is 0.250. The molecule has 3 aromatic rings. The molecule has 3 rings (SSSR count). The Hall–Kier alpha value is -2.50. The van der Waals surface area contributed by atoms with Crippen LogP contribution in [0, 0.1) is 13.8 Å². The van der Waals surface area contributed by atoms with Gasteiger partial charge in [-0.1, -0.05) is 12.1 Å². The maximum absolute atomic E-state index is 12.2. The van der Waals surface area contributed by atoms with Gasteiger partial charge in [-0.2, -0.15) is 0 Å². The lowest BCUT2D eigenvalue weighted by atomic mass is 10.0. The van der Waals surface area contributed by atoms with E-state index in [1.807, 2.05) is 31.2 Å². The first-order valence-electron chi connectivity index (χ1n) is 6.91. The molecule has 0 N–H and O–H groups in total. The first-order chi connectivity index (χ1) is 10.5. The van der Waals surface area contributed by atoms with Gasteiger partial charge in [-0.05, 0) is 31.5 Å². The maximum Gasteiger partial charge on any atom is 0.280 e. The monoisotopic (exact) mass is 294 g/mol. The van der Waals surface area contributed by atoms with E-state index < -0.39 is 0 Å². The number of hydrogen-bond acceptors (Lipinski definition) is 4. The Morgan fingerprint density at radius 2 is 2.05 bits per heavy atom. The van der Waals surface area contributed by atoms with Gasteiger partial charge in [0.15, 0.2) is 17.2 Å². The van der Waals surface area contributed by atoms with E-state index in [4.69, 9.17) is 17.1 Å². The SMILES string of the molecule is [B]n1c(C)c(C)c(Cc2nc3ccccc3o2)c(OC)c1=O. The largest absolute Gasteiger partial charge is 0.491 e. The van der Waals surface area contributed by atoms with Crippen LogP contribution in [0.15, 0.2) is 33.5 Å². The Morgan fingerprint density at radius 3 is 2.73 bits per heavy atom. The number of para-hydroxylation sites is 2. The Kier molecular flexibility index (Phi) is 3.52. The van der Waals surface area contributed by atoms with Crippen LogP contribution in [-0.2, 0) is 6.42 Å². The minimum atomic E-state index is -0.364. The van der Waals surface area contributed by atoms with Gasteiger partial charge in [0, 0.05) is 11.3 Å². The lowest BCUT2D eigenvalue weighted by molar-refractivity contribution is 0.400. The molecule has 0 fully saturated rings. The summed E-state index contributed by atoms with van der Waals surface area (Å²) in [5.41, 5.74) is 3.48. The summed E-state index contributed by atoms with van der Waals surface area (Å²) in [7, 11) is 7.23. The molecule has 22 heavy (non-hydrogen) atoms. The summed E-state index contributed by atoms with van der Waals surface area (Å²) in [5.74, 6) is 0.768. The van der Waals surface area contributed by atoms with E-state index in [0.717, 1.165) is 26.7 Å². The summed E-state index contributed by atoms with van der Waals surface area (Å²) in [6.07, 6.45) is 0.376. The molecule has 2 aromatic heterocycles. The van der Waals surface area contributed by atoms with Gasteiger partial charge < -0.3 is 13.6 Å². The van der Waals surface area contributed by atoms with Crippen molar-refractivity contribution in [2.45, 2.75) is 20.3 Å². The Bertz CT molecular complexity index is 879. The molecule has 0 atom stereocenters. The summed E-state index contributed by atoms with van der Waals surface area (Å²) >= 11 is 0. The van der Waals surface area contributed by atoms with E-state index in [0.29, 0.717) is 18.0 Å². The number of oxazole rings is 1. The first-order valence-corrected chi connectivity index (χ1v) is 6.91. The second-order valence-electron chi connectivity index (χ2n) is 5.15. The molecule has 0 aliphatic heterocycles. The summed E-state index contributed by atoms with van der Waals surface area (Å²) in [5, 5.41) is 0. The van der Waals surface area contributed by atoms with E-state index in [-0.39, 0.29) is 11.3 Å². The molecule has 2 radical (unpaired) electrons. The topological polar surface area (TPSA) is 57.3 Å². The zero-order valence-electron chi connectivity index (χ0n) is 12.7. The molecule has 0 saturated carbocycles. The molecule has 5 nitrogen and oxygen atoms in total. The van der Waals surface area contributed by atoms with E-state index in [9.17, 15) is 4.79 Å². The van der Waals surface area contributed by atoms with Crippen molar-refractivity contribution in [3.63, 3.8) is 0 Å². The lowest BCUT2D eigenvalue weighted by Crippen LogP contribution is -2.25. The van der Waals surface area contributed by atoms with Crippen LogP contribution in [-0.4, -0.2) is 24.6 Å². The highest BCUT2D eigenvalue weighted by molar-refractivity contribution is 6.07. The highest BCUT2D eigenvalue weighted by Crippen LogP contribution is 2.25. The minimum Gasteiger partial charge on any atom is -0.491 e. The Balaban J connectivity index is 2.14. The fourth-order valence-electron chi connectivity index (χ4n) is 2.53. The molecule has 0 spiro atoms. The van der Waals surface area contributed by atoms with Gasteiger partial charge in [0.2, 0.25) is 7.98 Å². The van der Waals surface area contributed by atoms with E-state index >= 15 is 0 Å². The average Bonchev–Trinajstić information content (AvgIpc) is 2.93. The number of methoxy groups -OCH3 is 1. The number of ether oxygens (including phenoxy) is 1. The van der Waals surface area contributed by atoms with Crippen LogP contribution >= 0.6 is 0 Å². The summed E-state index contributed by atoms with van der Waals surface area (Å²) in [6, 6.07) is 7.54. The Morgan fingerprint density at radius 1 is 1.32 bits per heavy atom. The molecule has 0 amide bonds. The van der Waals surface area contributed by atoms with Crippen LogP contribution in [0.3, 0.4) is 0 Å². The number of benzene rings is 1. The average molecular weight is 294 g/mol. The highest BCUT2D eigenvalue weighted by atomic mass is 16.5. The van der Waals surface area contributed by atoms with Gasteiger partial charge in [0.25, 0.3) is 5.56 Å². The van der Waals surface area contributed by atoms with Gasteiger partial charge in [0.1, 0.15) is 5.52 Å². The van der Waals surface area contributed by atoms with Crippen molar-refractivity contribution in [1.29, 1.82) is 0 Å².